The van der Waals surface area contributed by atoms with E-state index in [-0.39, 0.29) is 0 Å². The molecule has 0 saturated heterocycles. The fourth-order valence-electron chi connectivity index (χ4n) is 3.18. The Kier molecular flexibility index (Phi) is 5.37. The Hall–Kier alpha value is -2.76. The van der Waals surface area contributed by atoms with E-state index in [1.165, 1.54) is 0 Å². The zero-order valence-corrected chi connectivity index (χ0v) is 16.9. The van der Waals surface area contributed by atoms with E-state index < -0.39 is 0 Å². The van der Waals surface area contributed by atoms with Crippen LogP contribution in [0.2, 0.25) is 5.02 Å². The van der Waals surface area contributed by atoms with Crippen molar-refractivity contribution in [2.24, 2.45) is 0 Å². The molecule has 0 atom stereocenters. The topological polar surface area (TPSA) is 26.6 Å². The highest BCUT2D eigenvalue weighted by Gasteiger charge is 2.25. The number of aromatic nitrogens is 1. The number of fused-ring (bicyclic) bond motifs is 1. The van der Waals surface area contributed by atoms with Gasteiger partial charge in [-0.05, 0) is 54.1 Å². The molecule has 0 unspecified atom stereocenters. The maximum atomic E-state index is 6.16. The van der Waals surface area contributed by atoms with E-state index in [2.05, 4.69) is 15.5 Å². The molecule has 4 nitrogen and oxygen atoms in total. The molecule has 28 heavy (non-hydrogen) atoms. The third kappa shape index (κ3) is 3.91. The number of nitrogens with zero attached hydrogens (tertiary/aromatic N) is 2. The number of rotatable bonds is 5. The van der Waals surface area contributed by atoms with Crippen molar-refractivity contribution < 1.29 is 9.47 Å². The molecule has 1 aliphatic rings. The van der Waals surface area contributed by atoms with Gasteiger partial charge in [0.1, 0.15) is 28.4 Å². The Morgan fingerprint density at radius 1 is 1.07 bits per heavy atom. The van der Waals surface area contributed by atoms with Gasteiger partial charge in [-0.2, -0.15) is 0 Å². The predicted molar refractivity (Wildman–Crippen MR) is 116 cm³/mol. The highest BCUT2D eigenvalue weighted by molar-refractivity contribution is 7.80. The van der Waals surface area contributed by atoms with Crippen molar-refractivity contribution >= 4 is 34.5 Å². The largest absolute Gasteiger partial charge is 0.497 e. The fourth-order valence-corrected chi connectivity index (χ4v) is 3.70. The molecule has 0 spiro atoms. The molecule has 6 heteroatoms. The SMILES string of the molecule is COc1ccc(O/C=C2\c3cccn3CC(=S)N2Cc2cccc(Cl)c2)cc1. The number of halogens is 1. The van der Waals surface area contributed by atoms with E-state index in [4.69, 9.17) is 33.3 Å². The third-order valence-corrected chi connectivity index (χ3v) is 5.17. The summed E-state index contributed by atoms with van der Waals surface area (Å²) in [6.45, 7) is 1.29. The Balaban J connectivity index is 1.65. The number of hydrogen-bond acceptors (Lipinski definition) is 3. The van der Waals surface area contributed by atoms with Crippen LogP contribution in [-0.4, -0.2) is 21.6 Å². The summed E-state index contributed by atoms with van der Waals surface area (Å²) in [5.74, 6) is 1.51. The molecule has 2 aromatic carbocycles. The van der Waals surface area contributed by atoms with Crippen LogP contribution in [0, 0.1) is 0 Å². The van der Waals surface area contributed by atoms with Crippen molar-refractivity contribution in [3.05, 3.63) is 89.4 Å². The second kappa shape index (κ2) is 8.09. The normalized spacial score (nSPS) is 14.9. The van der Waals surface area contributed by atoms with Gasteiger partial charge in [-0.15, -0.1) is 0 Å². The Bertz CT molecular complexity index is 1030. The van der Waals surface area contributed by atoms with E-state index in [0.29, 0.717) is 18.1 Å². The van der Waals surface area contributed by atoms with Crippen LogP contribution in [0.5, 0.6) is 11.5 Å². The van der Waals surface area contributed by atoms with E-state index in [1.54, 1.807) is 13.4 Å². The minimum Gasteiger partial charge on any atom is -0.497 e. The van der Waals surface area contributed by atoms with Crippen molar-refractivity contribution in [2.45, 2.75) is 13.1 Å². The highest BCUT2D eigenvalue weighted by atomic mass is 35.5. The quantitative estimate of drug-likeness (QED) is 0.417. The van der Waals surface area contributed by atoms with E-state index in [0.717, 1.165) is 33.4 Å². The minimum absolute atomic E-state index is 0.627. The number of ether oxygens (including phenoxy) is 2. The van der Waals surface area contributed by atoms with Gasteiger partial charge >= 0.3 is 0 Å². The Morgan fingerprint density at radius 2 is 1.86 bits per heavy atom. The van der Waals surface area contributed by atoms with Crippen LogP contribution >= 0.6 is 23.8 Å². The summed E-state index contributed by atoms with van der Waals surface area (Å²) in [5.41, 5.74) is 3.06. The van der Waals surface area contributed by atoms with Gasteiger partial charge < -0.3 is 18.9 Å². The molecule has 0 aliphatic carbocycles. The lowest BCUT2D eigenvalue weighted by molar-refractivity contribution is 0.412. The van der Waals surface area contributed by atoms with Crippen LogP contribution in [-0.2, 0) is 13.1 Å². The fraction of sp³-hybridized carbons (Fsp3) is 0.136. The van der Waals surface area contributed by atoms with E-state index in [1.807, 2.05) is 60.8 Å². The van der Waals surface area contributed by atoms with Crippen molar-refractivity contribution in [2.75, 3.05) is 7.11 Å². The summed E-state index contributed by atoms with van der Waals surface area (Å²) in [6, 6.07) is 19.4. The number of hydrogen-bond donors (Lipinski definition) is 0. The summed E-state index contributed by atoms with van der Waals surface area (Å²) in [7, 11) is 1.64. The van der Waals surface area contributed by atoms with Crippen molar-refractivity contribution in [3.63, 3.8) is 0 Å². The average molecular weight is 411 g/mol. The summed E-state index contributed by atoms with van der Waals surface area (Å²) in [4.78, 5) is 2.92. The molecule has 0 saturated carbocycles. The molecule has 142 valence electrons. The van der Waals surface area contributed by atoms with Crippen LogP contribution < -0.4 is 9.47 Å². The maximum Gasteiger partial charge on any atom is 0.126 e. The number of benzene rings is 2. The molecular formula is C22H19ClN2O2S. The van der Waals surface area contributed by atoms with Crippen LogP contribution in [0.15, 0.2) is 73.1 Å². The molecule has 1 aromatic heterocycles. The zero-order valence-electron chi connectivity index (χ0n) is 15.3. The van der Waals surface area contributed by atoms with Gasteiger partial charge in [-0.1, -0.05) is 36.0 Å². The first-order valence-corrected chi connectivity index (χ1v) is 9.64. The van der Waals surface area contributed by atoms with Gasteiger partial charge in [0.2, 0.25) is 0 Å². The van der Waals surface area contributed by atoms with Gasteiger partial charge in [0.05, 0.1) is 19.3 Å². The molecule has 0 radical (unpaired) electrons. The van der Waals surface area contributed by atoms with Gasteiger partial charge in [-0.25, -0.2) is 0 Å². The standard InChI is InChI=1S/C22H19ClN2O2S/c1-26-18-7-9-19(10-8-18)27-15-21-20-6-3-11-24(20)14-22(28)25(21)13-16-4-2-5-17(23)12-16/h2-12,15H,13-14H2,1H3/b21-15+. The molecule has 0 amide bonds. The predicted octanol–water partition coefficient (Wildman–Crippen LogP) is 5.37. The van der Waals surface area contributed by atoms with E-state index >= 15 is 0 Å². The summed E-state index contributed by atoms with van der Waals surface area (Å²) in [5, 5.41) is 0.712. The molecule has 0 N–H and O–H groups in total. The lowest BCUT2D eigenvalue weighted by atomic mass is 10.1. The number of thiocarbonyl (C=S) groups is 1. The number of methoxy groups -OCH3 is 1. The second-order valence-corrected chi connectivity index (χ2v) is 7.34. The van der Waals surface area contributed by atoms with E-state index in [9.17, 15) is 0 Å². The van der Waals surface area contributed by atoms with Crippen LogP contribution in [0.25, 0.3) is 5.70 Å². The Morgan fingerprint density at radius 3 is 2.61 bits per heavy atom. The van der Waals surface area contributed by atoms with Crippen molar-refractivity contribution in [1.29, 1.82) is 0 Å². The summed E-state index contributed by atoms with van der Waals surface area (Å²) in [6.07, 6.45) is 3.78. The molecule has 3 aromatic rings. The van der Waals surface area contributed by atoms with Crippen LogP contribution in [0.3, 0.4) is 0 Å². The van der Waals surface area contributed by atoms with Gasteiger partial charge in [0, 0.05) is 17.8 Å². The van der Waals surface area contributed by atoms with Crippen LogP contribution in [0.1, 0.15) is 11.3 Å². The minimum atomic E-state index is 0.627. The summed E-state index contributed by atoms with van der Waals surface area (Å²) < 4.78 is 13.3. The van der Waals surface area contributed by atoms with Gasteiger partial charge in [0.25, 0.3) is 0 Å². The monoisotopic (exact) mass is 410 g/mol. The first kappa shape index (κ1) is 18.6. The van der Waals surface area contributed by atoms with Gasteiger partial charge in [-0.3, -0.25) is 0 Å². The Labute approximate surface area is 174 Å². The highest BCUT2D eigenvalue weighted by Crippen LogP contribution is 2.29. The first-order chi connectivity index (χ1) is 13.6. The van der Waals surface area contributed by atoms with Crippen molar-refractivity contribution in [1.82, 2.24) is 9.47 Å². The second-order valence-electron chi connectivity index (χ2n) is 6.43. The molecule has 0 bridgehead atoms. The molecule has 2 heterocycles. The smallest absolute Gasteiger partial charge is 0.126 e. The van der Waals surface area contributed by atoms with Crippen molar-refractivity contribution in [3.8, 4) is 11.5 Å². The lowest BCUT2D eigenvalue weighted by Crippen LogP contribution is -2.36. The summed E-state index contributed by atoms with van der Waals surface area (Å²) >= 11 is 11.9. The molecule has 1 aliphatic heterocycles. The third-order valence-electron chi connectivity index (χ3n) is 4.59. The van der Waals surface area contributed by atoms with Gasteiger partial charge in [0.15, 0.2) is 0 Å². The molecule has 4 rings (SSSR count). The molecule has 0 fully saturated rings. The maximum absolute atomic E-state index is 6.16. The average Bonchev–Trinajstić information content (AvgIpc) is 3.16. The van der Waals surface area contributed by atoms with Crippen LogP contribution in [0.4, 0.5) is 0 Å². The molecular weight excluding hydrogens is 392 g/mol. The zero-order chi connectivity index (χ0) is 19.5. The first-order valence-electron chi connectivity index (χ1n) is 8.85. The lowest BCUT2D eigenvalue weighted by Gasteiger charge is -2.33.